The summed E-state index contributed by atoms with van der Waals surface area (Å²) in [5, 5.41) is 6.84. The number of aromatic nitrogens is 1. The predicted molar refractivity (Wildman–Crippen MR) is 129 cm³/mol. The van der Waals surface area contributed by atoms with Crippen LogP contribution in [-0.2, 0) is 19.5 Å². The highest BCUT2D eigenvalue weighted by Crippen LogP contribution is 2.18. The Morgan fingerprint density at radius 1 is 1.04 bits per heavy atom. The highest BCUT2D eigenvalue weighted by molar-refractivity contribution is 14.0. The summed E-state index contributed by atoms with van der Waals surface area (Å²) in [5.41, 5.74) is 3.92. The molecular weight excluding hydrogens is 461 g/mol. The van der Waals surface area contributed by atoms with E-state index in [2.05, 4.69) is 68.8 Å². The summed E-state index contributed by atoms with van der Waals surface area (Å²) in [6, 6.07) is 12.8. The molecule has 1 aromatic heterocycles. The Kier molecular flexibility index (Phi) is 9.54. The first kappa shape index (κ1) is 22.5. The van der Waals surface area contributed by atoms with E-state index in [1.165, 1.54) is 36.0 Å². The average Bonchev–Trinajstić information content (AvgIpc) is 2.75. The largest absolute Gasteiger partial charge is 0.357 e. The number of hydrogen-bond donors (Lipinski definition) is 2. The van der Waals surface area contributed by atoms with E-state index in [-0.39, 0.29) is 24.0 Å². The zero-order valence-electron chi connectivity index (χ0n) is 16.9. The van der Waals surface area contributed by atoms with Crippen molar-refractivity contribution in [3.05, 3.63) is 59.3 Å². The molecule has 0 amide bonds. The van der Waals surface area contributed by atoms with E-state index < -0.39 is 0 Å². The average molecular weight is 493 g/mol. The third kappa shape index (κ3) is 6.36. The maximum Gasteiger partial charge on any atom is 0.191 e. The number of aliphatic imine (C=N–C) groups is 1. The molecule has 0 spiro atoms. The molecule has 1 aliphatic heterocycles. The van der Waals surface area contributed by atoms with Crippen molar-refractivity contribution < 1.29 is 0 Å². The number of hydrogen-bond acceptors (Lipinski definition) is 3. The first-order valence-corrected chi connectivity index (χ1v) is 10.0. The van der Waals surface area contributed by atoms with Gasteiger partial charge in [-0.2, -0.15) is 0 Å². The van der Waals surface area contributed by atoms with Crippen LogP contribution >= 0.6 is 24.0 Å². The molecule has 1 aliphatic rings. The van der Waals surface area contributed by atoms with E-state index in [0.29, 0.717) is 0 Å². The van der Waals surface area contributed by atoms with Crippen LogP contribution in [-0.4, -0.2) is 31.1 Å². The molecule has 28 heavy (non-hydrogen) atoms. The van der Waals surface area contributed by atoms with E-state index >= 15 is 0 Å². The van der Waals surface area contributed by atoms with Gasteiger partial charge in [-0.05, 0) is 54.5 Å². The van der Waals surface area contributed by atoms with Crippen molar-refractivity contribution in [2.24, 2.45) is 4.99 Å². The monoisotopic (exact) mass is 493 g/mol. The zero-order valence-corrected chi connectivity index (χ0v) is 19.3. The molecule has 3 rings (SSSR count). The van der Waals surface area contributed by atoms with Crippen LogP contribution in [0, 0.1) is 0 Å². The van der Waals surface area contributed by atoms with Crippen LogP contribution in [0.3, 0.4) is 0 Å². The quantitative estimate of drug-likeness (QED) is 0.361. The number of anilines is 1. The minimum absolute atomic E-state index is 0. The standard InChI is InChI=1S/C22H31N5.HI/c1-3-19-9-5-6-10-20(19)17-26-22(23-2)25-16-18-11-12-24-21(15-18)27-13-7-4-8-14-27;/h5-6,9-12,15H,3-4,7-8,13-14,16-17H2,1-2H3,(H2,23,25,26);1H. The number of guanidine groups is 1. The summed E-state index contributed by atoms with van der Waals surface area (Å²) in [6.45, 7) is 5.93. The van der Waals surface area contributed by atoms with Gasteiger partial charge in [0.2, 0.25) is 0 Å². The van der Waals surface area contributed by atoms with Crippen molar-refractivity contribution in [1.29, 1.82) is 0 Å². The third-order valence-electron chi connectivity index (χ3n) is 5.12. The van der Waals surface area contributed by atoms with E-state index in [4.69, 9.17) is 0 Å². The molecule has 0 bridgehead atoms. The van der Waals surface area contributed by atoms with Gasteiger partial charge in [0.25, 0.3) is 0 Å². The maximum atomic E-state index is 4.56. The molecule has 1 aromatic carbocycles. The van der Waals surface area contributed by atoms with Gasteiger partial charge in [-0.25, -0.2) is 4.98 Å². The summed E-state index contributed by atoms with van der Waals surface area (Å²) in [4.78, 5) is 11.3. The molecule has 0 unspecified atom stereocenters. The number of rotatable bonds is 6. The summed E-state index contributed by atoms with van der Waals surface area (Å²) in [6.07, 6.45) is 6.82. The number of pyridine rings is 1. The van der Waals surface area contributed by atoms with Gasteiger partial charge in [-0.15, -0.1) is 24.0 Å². The van der Waals surface area contributed by atoms with Crippen LogP contribution in [0.4, 0.5) is 5.82 Å². The van der Waals surface area contributed by atoms with Gasteiger partial charge >= 0.3 is 0 Å². The van der Waals surface area contributed by atoms with Crippen molar-refractivity contribution in [2.75, 3.05) is 25.0 Å². The van der Waals surface area contributed by atoms with Crippen LogP contribution in [0.5, 0.6) is 0 Å². The first-order chi connectivity index (χ1) is 13.3. The lowest BCUT2D eigenvalue weighted by molar-refractivity contribution is 0.573. The minimum Gasteiger partial charge on any atom is -0.357 e. The van der Waals surface area contributed by atoms with E-state index in [1.54, 1.807) is 0 Å². The molecule has 5 nitrogen and oxygen atoms in total. The van der Waals surface area contributed by atoms with Gasteiger partial charge in [0.1, 0.15) is 5.82 Å². The number of piperidine rings is 1. The lowest BCUT2D eigenvalue weighted by Gasteiger charge is -2.28. The summed E-state index contributed by atoms with van der Waals surface area (Å²) in [7, 11) is 1.81. The fourth-order valence-corrected chi connectivity index (χ4v) is 3.53. The molecule has 2 aromatic rings. The molecule has 2 N–H and O–H groups in total. The molecule has 0 saturated carbocycles. The lowest BCUT2D eigenvalue weighted by Crippen LogP contribution is -2.36. The van der Waals surface area contributed by atoms with Gasteiger partial charge in [0, 0.05) is 39.4 Å². The van der Waals surface area contributed by atoms with Crippen molar-refractivity contribution in [2.45, 2.75) is 45.7 Å². The van der Waals surface area contributed by atoms with Crippen molar-refractivity contribution in [3.63, 3.8) is 0 Å². The van der Waals surface area contributed by atoms with Crippen molar-refractivity contribution in [1.82, 2.24) is 15.6 Å². The number of nitrogens with zero attached hydrogens (tertiary/aromatic N) is 3. The Hall–Kier alpha value is -1.83. The second-order valence-electron chi connectivity index (χ2n) is 6.97. The number of benzene rings is 1. The maximum absolute atomic E-state index is 4.56. The zero-order chi connectivity index (χ0) is 18.9. The molecule has 152 valence electrons. The Morgan fingerprint density at radius 2 is 1.75 bits per heavy atom. The van der Waals surface area contributed by atoms with Gasteiger partial charge in [-0.1, -0.05) is 31.2 Å². The molecule has 2 heterocycles. The highest BCUT2D eigenvalue weighted by atomic mass is 127. The molecule has 0 atom stereocenters. The Labute approximate surface area is 186 Å². The Balaban J connectivity index is 0.00000280. The topological polar surface area (TPSA) is 52.6 Å². The Morgan fingerprint density at radius 3 is 2.46 bits per heavy atom. The highest BCUT2D eigenvalue weighted by Gasteiger charge is 2.12. The summed E-state index contributed by atoms with van der Waals surface area (Å²) < 4.78 is 0. The molecular formula is C22H32IN5. The number of aryl methyl sites for hydroxylation is 1. The molecule has 1 fully saturated rings. The Bertz CT molecular complexity index is 756. The molecule has 6 heteroatoms. The summed E-state index contributed by atoms with van der Waals surface area (Å²) in [5.74, 6) is 1.91. The predicted octanol–water partition coefficient (Wildman–Crippen LogP) is 4.12. The van der Waals surface area contributed by atoms with Crippen LogP contribution in [0.1, 0.15) is 42.9 Å². The SMILES string of the molecule is CCc1ccccc1CNC(=NC)NCc1ccnc(N2CCCCC2)c1.I. The van der Waals surface area contributed by atoms with Gasteiger partial charge in [0.05, 0.1) is 0 Å². The first-order valence-electron chi connectivity index (χ1n) is 10.0. The van der Waals surface area contributed by atoms with E-state index in [9.17, 15) is 0 Å². The smallest absolute Gasteiger partial charge is 0.191 e. The molecule has 0 aliphatic carbocycles. The van der Waals surface area contributed by atoms with Crippen LogP contribution in [0.25, 0.3) is 0 Å². The lowest BCUT2D eigenvalue weighted by atomic mass is 10.1. The fraction of sp³-hybridized carbons (Fsp3) is 0.455. The van der Waals surface area contributed by atoms with E-state index in [0.717, 1.165) is 44.4 Å². The number of halogens is 1. The second-order valence-corrected chi connectivity index (χ2v) is 6.97. The molecule has 0 radical (unpaired) electrons. The van der Waals surface area contributed by atoms with Gasteiger partial charge in [0.15, 0.2) is 5.96 Å². The molecule has 1 saturated heterocycles. The van der Waals surface area contributed by atoms with Crippen LogP contribution < -0.4 is 15.5 Å². The van der Waals surface area contributed by atoms with E-state index in [1.807, 2.05) is 13.2 Å². The van der Waals surface area contributed by atoms with Gasteiger partial charge in [-0.3, -0.25) is 4.99 Å². The summed E-state index contributed by atoms with van der Waals surface area (Å²) >= 11 is 0. The van der Waals surface area contributed by atoms with Crippen LogP contribution in [0.15, 0.2) is 47.6 Å². The van der Waals surface area contributed by atoms with Crippen molar-refractivity contribution in [3.8, 4) is 0 Å². The second kappa shape index (κ2) is 11.9. The fourth-order valence-electron chi connectivity index (χ4n) is 3.53. The normalized spacial score (nSPS) is 14.4. The van der Waals surface area contributed by atoms with Crippen LogP contribution in [0.2, 0.25) is 0 Å². The number of nitrogens with one attached hydrogen (secondary N) is 2. The van der Waals surface area contributed by atoms with Crippen molar-refractivity contribution >= 4 is 35.8 Å². The minimum atomic E-state index is 0. The third-order valence-corrected chi connectivity index (χ3v) is 5.12. The van der Waals surface area contributed by atoms with Gasteiger partial charge < -0.3 is 15.5 Å².